The van der Waals surface area contributed by atoms with Crippen molar-refractivity contribution in [2.24, 2.45) is 46.3 Å². The maximum Gasteiger partial charge on any atom is 0.308 e. The van der Waals surface area contributed by atoms with E-state index < -0.39 is 6.29 Å². The van der Waals surface area contributed by atoms with E-state index >= 15 is 0 Å². The first-order chi connectivity index (χ1) is 20.2. The van der Waals surface area contributed by atoms with Crippen molar-refractivity contribution in [3.05, 3.63) is 0 Å². The summed E-state index contributed by atoms with van der Waals surface area (Å²) < 4.78 is 28.8. The fraction of sp³-hybridized carbons (Fsp3) is 0.882. The molecule has 9 nitrogen and oxygen atoms in total. The Balaban J connectivity index is 1.62. The maximum atomic E-state index is 12.6. The van der Waals surface area contributed by atoms with Crippen LogP contribution in [-0.4, -0.2) is 55.1 Å². The lowest BCUT2D eigenvalue weighted by molar-refractivity contribution is -0.224. The van der Waals surface area contributed by atoms with Crippen LogP contribution in [0, 0.1) is 46.3 Å². The molecule has 4 aliphatic rings. The van der Waals surface area contributed by atoms with Crippen LogP contribution in [-0.2, 0) is 42.9 Å². The average molecular weight is 607 g/mol. The van der Waals surface area contributed by atoms with Gasteiger partial charge in [0.05, 0.1) is 0 Å². The molecule has 43 heavy (non-hydrogen) atoms. The number of rotatable bonds is 10. The highest BCUT2D eigenvalue weighted by molar-refractivity contribution is 5.69. The lowest BCUT2D eigenvalue weighted by Crippen LogP contribution is -2.63. The van der Waals surface area contributed by atoms with E-state index in [1.54, 1.807) is 6.92 Å². The molecule has 12 atom stereocenters. The van der Waals surface area contributed by atoms with Gasteiger partial charge in [-0.05, 0) is 100 Å². The summed E-state index contributed by atoms with van der Waals surface area (Å²) in [6, 6.07) is 0. The van der Waals surface area contributed by atoms with E-state index in [2.05, 4.69) is 20.8 Å². The van der Waals surface area contributed by atoms with E-state index in [0.717, 1.165) is 44.9 Å². The van der Waals surface area contributed by atoms with Crippen molar-refractivity contribution in [2.75, 3.05) is 6.61 Å². The van der Waals surface area contributed by atoms with Crippen LogP contribution >= 0.6 is 0 Å². The summed E-state index contributed by atoms with van der Waals surface area (Å²) in [5, 5.41) is 0. The van der Waals surface area contributed by atoms with E-state index in [4.69, 9.17) is 23.7 Å². The highest BCUT2D eigenvalue weighted by Gasteiger charge is 2.67. The molecule has 4 aliphatic carbocycles. The van der Waals surface area contributed by atoms with E-state index in [1.165, 1.54) is 20.8 Å². The molecule has 0 amide bonds. The Morgan fingerprint density at radius 1 is 0.837 bits per heavy atom. The molecule has 4 rings (SSSR count). The number of carbonyl (C=O) groups is 4. The molecule has 0 radical (unpaired) electrons. The van der Waals surface area contributed by atoms with Crippen molar-refractivity contribution in [1.29, 1.82) is 0 Å². The minimum Gasteiger partial charge on any atom is -0.463 e. The molecule has 0 N–H and O–H groups in total. The number of hydrogen-bond donors (Lipinski definition) is 0. The number of carbonyl (C=O) groups excluding carboxylic acids is 4. The Kier molecular flexibility index (Phi) is 10.6. The Morgan fingerprint density at radius 3 is 2.14 bits per heavy atom. The Labute approximate surface area is 257 Å². The monoisotopic (exact) mass is 606 g/mol. The van der Waals surface area contributed by atoms with Crippen LogP contribution in [0.4, 0.5) is 0 Å². The summed E-state index contributed by atoms with van der Waals surface area (Å²) in [6.45, 7) is 15.4. The van der Waals surface area contributed by atoms with Gasteiger partial charge in [-0.15, -0.1) is 0 Å². The van der Waals surface area contributed by atoms with Crippen LogP contribution in [0.1, 0.15) is 113 Å². The second-order valence-corrected chi connectivity index (χ2v) is 14.3. The molecule has 0 heterocycles. The highest BCUT2D eigenvalue weighted by atomic mass is 16.7. The molecular formula is C34H54O9. The molecule has 4 saturated carbocycles. The van der Waals surface area contributed by atoms with Crippen LogP contribution in [0.2, 0.25) is 0 Å². The lowest BCUT2D eigenvalue weighted by atomic mass is 9.43. The third-order valence-corrected chi connectivity index (χ3v) is 11.9. The van der Waals surface area contributed by atoms with Gasteiger partial charge in [-0.3, -0.25) is 19.2 Å². The fourth-order valence-corrected chi connectivity index (χ4v) is 10.2. The Bertz CT molecular complexity index is 1040. The van der Waals surface area contributed by atoms with E-state index in [0.29, 0.717) is 19.4 Å². The van der Waals surface area contributed by atoms with Gasteiger partial charge in [-0.2, -0.15) is 0 Å². The van der Waals surface area contributed by atoms with Crippen molar-refractivity contribution in [3.63, 3.8) is 0 Å². The van der Waals surface area contributed by atoms with Gasteiger partial charge in [-0.25, -0.2) is 0 Å². The number of esters is 4. The van der Waals surface area contributed by atoms with Crippen molar-refractivity contribution in [3.8, 4) is 0 Å². The van der Waals surface area contributed by atoms with Gasteiger partial charge >= 0.3 is 23.9 Å². The highest BCUT2D eigenvalue weighted by Crippen LogP contribution is 2.69. The standard InChI is InChI=1S/C34H54O9/c1-9-39-23(6)43-31(38)13-10-19(2)26-11-12-27-32-28(18-30(34(26,27)8)42-22(5)37)33(7)15-14-25(40-20(3)35)16-24(33)17-29(32)41-21(4)36/h19,23-30,32H,9-18H2,1-8H3. The molecule has 12 unspecified atom stereocenters. The summed E-state index contributed by atoms with van der Waals surface area (Å²) in [7, 11) is 0. The third-order valence-electron chi connectivity index (χ3n) is 11.9. The number of ether oxygens (including phenoxy) is 5. The van der Waals surface area contributed by atoms with Crippen molar-refractivity contribution in [1.82, 2.24) is 0 Å². The molecule has 0 spiro atoms. The van der Waals surface area contributed by atoms with E-state index in [-0.39, 0.29) is 88.5 Å². The first kappa shape index (κ1) is 33.7. The summed E-state index contributed by atoms with van der Waals surface area (Å²) in [6.07, 6.45) is 5.69. The fourth-order valence-electron chi connectivity index (χ4n) is 10.2. The topological polar surface area (TPSA) is 114 Å². The quantitative estimate of drug-likeness (QED) is 0.168. The normalized spacial score (nSPS) is 39.7. The van der Waals surface area contributed by atoms with E-state index in [1.807, 2.05) is 6.92 Å². The van der Waals surface area contributed by atoms with Crippen molar-refractivity contribution in [2.45, 2.75) is 138 Å². The molecule has 0 aromatic heterocycles. The molecule has 0 aromatic carbocycles. The van der Waals surface area contributed by atoms with Crippen LogP contribution in [0.25, 0.3) is 0 Å². The van der Waals surface area contributed by atoms with Gasteiger partial charge in [-0.1, -0.05) is 20.8 Å². The molecule has 9 heteroatoms. The number of fused-ring (bicyclic) bond motifs is 5. The Hall–Kier alpha value is -2.16. The smallest absolute Gasteiger partial charge is 0.308 e. The summed E-state index contributed by atoms with van der Waals surface area (Å²) in [5.74, 6) is 0.182. The predicted octanol–water partition coefficient (Wildman–Crippen LogP) is 6.00. The van der Waals surface area contributed by atoms with Crippen LogP contribution in [0.3, 0.4) is 0 Å². The summed E-state index contributed by atoms with van der Waals surface area (Å²) in [5.41, 5.74) is -0.353. The van der Waals surface area contributed by atoms with Gasteiger partial charge in [0.2, 0.25) is 0 Å². The zero-order chi connectivity index (χ0) is 31.7. The van der Waals surface area contributed by atoms with Crippen molar-refractivity contribution >= 4 is 23.9 Å². The zero-order valence-corrected chi connectivity index (χ0v) is 27.5. The molecule has 0 aliphatic heterocycles. The maximum absolute atomic E-state index is 12.6. The SMILES string of the molecule is CCOC(C)OC(=O)CCC(C)C1CCC2C3C(OC(C)=O)CC4CC(OC(C)=O)CCC4(C)C3CC(OC(C)=O)C12C. The molecule has 0 bridgehead atoms. The van der Waals surface area contributed by atoms with Crippen LogP contribution < -0.4 is 0 Å². The molecule has 4 fully saturated rings. The Morgan fingerprint density at radius 2 is 1.51 bits per heavy atom. The second-order valence-electron chi connectivity index (χ2n) is 14.3. The largest absolute Gasteiger partial charge is 0.463 e. The molecular weight excluding hydrogens is 552 g/mol. The van der Waals surface area contributed by atoms with Gasteiger partial charge in [0.1, 0.15) is 18.3 Å². The van der Waals surface area contributed by atoms with E-state index in [9.17, 15) is 19.2 Å². The minimum absolute atomic E-state index is 0.0393. The third kappa shape index (κ3) is 6.91. The van der Waals surface area contributed by atoms with Crippen LogP contribution in [0.5, 0.6) is 0 Å². The lowest BCUT2D eigenvalue weighted by Gasteiger charge is -2.64. The second kappa shape index (κ2) is 13.5. The van der Waals surface area contributed by atoms with Crippen LogP contribution in [0.15, 0.2) is 0 Å². The average Bonchev–Trinajstić information content (AvgIpc) is 3.26. The molecule has 0 aromatic rings. The van der Waals surface area contributed by atoms with Gasteiger partial charge in [0.25, 0.3) is 0 Å². The summed E-state index contributed by atoms with van der Waals surface area (Å²) >= 11 is 0. The summed E-state index contributed by atoms with van der Waals surface area (Å²) in [4.78, 5) is 49.3. The minimum atomic E-state index is -0.566. The van der Waals surface area contributed by atoms with Crippen molar-refractivity contribution < 1.29 is 42.9 Å². The van der Waals surface area contributed by atoms with Gasteiger partial charge in [0.15, 0.2) is 6.29 Å². The van der Waals surface area contributed by atoms with Gasteiger partial charge in [0, 0.05) is 45.1 Å². The molecule has 244 valence electrons. The number of hydrogen-bond acceptors (Lipinski definition) is 9. The van der Waals surface area contributed by atoms with Gasteiger partial charge < -0.3 is 23.7 Å². The first-order valence-electron chi connectivity index (χ1n) is 16.5. The predicted molar refractivity (Wildman–Crippen MR) is 158 cm³/mol. The zero-order valence-electron chi connectivity index (χ0n) is 27.5. The first-order valence-corrected chi connectivity index (χ1v) is 16.5. The molecule has 0 saturated heterocycles.